The first-order valence-corrected chi connectivity index (χ1v) is 7.94. The molecule has 1 fully saturated rings. The van der Waals surface area contributed by atoms with Gasteiger partial charge in [-0.15, -0.1) is 0 Å². The van der Waals surface area contributed by atoms with Gasteiger partial charge in [0.05, 0.1) is 0 Å². The van der Waals surface area contributed by atoms with E-state index in [9.17, 15) is 23.2 Å². The van der Waals surface area contributed by atoms with Gasteiger partial charge in [-0.3, -0.25) is 14.4 Å². The number of halogens is 2. The van der Waals surface area contributed by atoms with Gasteiger partial charge in [-0.25, -0.2) is 8.78 Å². The molecule has 1 aliphatic heterocycles. The molecule has 0 unspecified atom stereocenters. The summed E-state index contributed by atoms with van der Waals surface area (Å²) in [5.41, 5.74) is -1.31. The Morgan fingerprint density at radius 2 is 1.56 bits per heavy atom. The average molecular weight is 353 g/mol. The van der Waals surface area contributed by atoms with Crippen LogP contribution < -0.4 is 5.32 Å². The first-order valence-electron chi connectivity index (χ1n) is 7.94. The molecular formula is C17H21F2N3O3. The van der Waals surface area contributed by atoms with Crippen LogP contribution >= 0.6 is 0 Å². The first kappa shape index (κ1) is 18.8. The molecule has 0 aromatic heterocycles. The van der Waals surface area contributed by atoms with Crippen molar-refractivity contribution in [3.8, 4) is 0 Å². The van der Waals surface area contributed by atoms with Gasteiger partial charge < -0.3 is 15.1 Å². The molecule has 0 atom stereocenters. The van der Waals surface area contributed by atoms with E-state index in [2.05, 4.69) is 5.32 Å². The van der Waals surface area contributed by atoms with Gasteiger partial charge >= 0.3 is 0 Å². The van der Waals surface area contributed by atoms with Crippen LogP contribution in [0.3, 0.4) is 0 Å². The van der Waals surface area contributed by atoms with E-state index in [-0.39, 0.29) is 17.5 Å². The van der Waals surface area contributed by atoms with Crippen LogP contribution in [0.4, 0.5) is 14.5 Å². The van der Waals surface area contributed by atoms with Crippen molar-refractivity contribution in [1.82, 2.24) is 9.80 Å². The fraction of sp³-hybridized carbons (Fsp3) is 0.471. The summed E-state index contributed by atoms with van der Waals surface area (Å²) in [4.78, 5) is 39.6. The number of nitrogens with zero attached hydrogens (tertiary/aromatic N) is 2. The minimum atomic E-state index is -1.39. The third-order valence-corrected chi connectivity index (χ3v) is 4.29. The molecule has 1 saturated heterocycles. The van der Waals surface area contributed by atoms with Gasteiger partial charge in [0.15, 0.2) is 11.6 Å². The zero-order valence-corrected chi connectivity index (χ0v) is 14.4. The number of hydrogen-bond donors (Lipinski definition) is 1. The van der Waals surface area contributed by atoms with Crippen LogP contribution in [0.2, 0.25) is 0 Å². The van der Waals surface area contributed by atoms with E-state index < -0.39 is 23.0 Å². The summed E-state index contributed by atoms with van der Waals surface area (Å²) in [5, 5.41) is 2.44. The van der Waals surface area contributed by atoms with Crippen molar-refractivity contribution in [2.45, 2.75) is 20.8 Å². The second kappa shape index (κ2) is 7.16. The minimum absolute atomic E-state index is 0.0533. The average Bonchev–Trinajstić information content (AvgIpc) is 2.57. The standard InChI is InChI=1S/C17H21F2N3O3/c1-11(23)21-6-8-22(9-7-21)16(25)17(2,3)15(24)20-12-4-5-13(18)14(19)10-12/h4-5,10H,6-9H2,1-3H3,(H,20,24). The number of carbonyl (C=O) groups excluding carboxylic acids is 3. The van der Waals surface area contributed by atoms with E-state index in [1.54, 1.807) is 4.90 Å². The molecule has 0 saturated carbocycles. The zero-order valence-electron chi connectivity index (χ0n) is 14.4. The lowest BCUT2D eigenvalue weighted by Crippen LogP contribution is -2.55. The highest BCUT2D eigenvalue weighted by Gasteiger charge is 2.40. The van der Waals surface area contributed by atoms with Crippen molar-refractivity contribution in [3.63, 3.8) is 0 Å². The molecule has 1 heterocycles. The van der Waals surface area contributed by atoms with E-state index in [0.717, 1.165) is 12.1 Å². The molecule has 0 radical (unpaired) electrons. The van der Waals surface area contributed by atoms with E-state index in [1.807, 2.05) is 0 Å². The van der Waals surface area contributed by atoms with Crippen LogP contribution in [0.15, 0.2) is 18.2 Å². The maximum Gasteiger partial charge on any atom is 0.239 e. The third-order valence-electron chi connectivity index (χ3n) is 4.29. The van der Waals surface area contributed by atoms with Crippen LogP contribution in [-0.2, 0) is 14.4 Å². The molecule has 0 aliphatic carbocycles. The molecule has 0 bridgehead atoms. The van der Waals surface area contributed by atoms with Gasteiger partial charge in [-0.1, -0.05) is 0 Å². The van der Waals surface area contributed by atoms with Gasteiger partial charge in [0, 0.05) is 44.9 Å². The number of benzene rings is 1. The molecule has 1 aromatic carbocycles. The minimum Gasteiger partial charge on any atom is -0.339 e. The summed E-state index contributed by atoms with van der Waals surface area (Å²) >= 11 is 0. The lowest BCUT2D eigenvalue weighted by molar-refractivity contribution is -0.149. The smallest absolute Gasteiger partial charge is 0.239 e. The normalized spacial score (nSPS) is 15.1. The number of rotatable bonds is 3. The number of amides is 3. The van der Waals surface area contributed by atoms with Crippen LogP contribution in [0.25, 0.3) is 0 Å². The van der Waals surface area contributed by atoms with E-state index in [4.69, 9.17) is 0 Å². The predicted molar refractivity (Wildman–Crippen MR) is 87.6 cm³/mol. The Morgan fingerprint density at radius 3 is 2.08 bits per heavy atom. The lowest BCUT2D eigenvalue weighted by atomic mass is 9.89. The molecule has 2 rings (SSSR count). The van der Waals surface area contributed by atoms with Crippen molar-refractivity contribution in [1.29, 1.82) is 0 Å². The van der Waals surface area contributed by atoms with Gasteiger partial charge in [-0.2, -0.15) is 0 Å². The number of hydrogen-bond acceptors (Lipinski definition) is 3. The Morgan fingerprint density at radius 1 is 1.00 bits per heavy atom. The van der Waals surface area contributed by atoms with Gasteiger partial charge in [0.1, 0.15) is 5.41 Å². The maximum absolute atomic E-state index is 13.2. The van der Waals surface area contributed by atoms with Gasteiger partial charge in [0.2, 0.25) is 17.7 Å². The van der Waals surface area contributed by atoms with Crippen molar-refractivity contribution in [2.24, 2.45) is 5.41 Å². The Labute approximate surface area is 144 Å². The molecule has 1 aliphatic rings. The van der Waals surface area contributed by atoms with Crippen molar-refractivity contribution in [2.75, 3.05) is 31.5 Å². The van der Waals surface area contributed by atoms with Crippen LogP contribution in [0.1, 0.15) is 20.8 Å². The number of nitrogens with one attached hydrogen (secondary N) is 1. The number of carbonyl (C=O) groups is 3. The van der Waals surface area contributed by atoms with Crippen LogP contribution in [-0.4, -0.2) is 53.7 Å². The summed E-state index contributed by atoms with van der Waals surface area (Å²) in [7, 11) is 0. The Kier molecular flexibility index (Phi) is 5.39. The molecule has 3 amide bonds. The molecular weight excluding hydrogens is 332 g/mol. The maximum atomic E-state index is 13.2. The van der Waals surface area contributed by atoms with Gasteiger partial charge in [0.25, 0.3) is 0 Å². The molecule has 0 spiro atoms. The molecule has 25 heavy (non-hydrogen) atoms. The molecule has 1 aromatic rings. The zero-order chi connectivity index (χ0) is 18.8. The van der Waals surface area contributed by atoms with E-state index in [0.29, 0.717) is 26.2 Å². The van der Waals surface area contributed by atoms with Crippen molar-refractivity contribution >= 4 is 23.4 Å². The monoisotopic (exact) mass is 353 g/mol. The largest absolute Gasteiger partial charge is 0.339 e. The van der Waals surface area contributed by atoms with E-state index >= 15 is 0 Å². The molecule has 6 nitrogen and oxygen atoms in total. The first-order chi connectivity index (χ1) is 11.6. The highest BCUT2D eigenvalue weighted by Crippen LogP contribution is 2.23. The highest BCUT2D eigenvalue weighted by molar-refractivity contribution is 6.09. The number of anilines is 1. The Bertz CT molecular complexity index is 698. The second-order valence-electron chi connectivity index (χ2n) is 6.51. The summed E-state index contributed by atoms with van der Waals surface area (Å²) < 4.78 is 26.2. The fourth-order valence-electron chi connectivity index (χ4n) is 2.58. The van der Waals surface area contributed by atoms with Crippen LogP contribution in [0, 0.1) is 17.0 Å². The van der Waals surface area contributed by atoms with Crippen LogP contribution in [0.5, 0.6) is 0 Å². The quantitative estimate of drug-likeness (QED) is 0.840. The number of piperazine rings is 1. The summed E-state index contributed by atoms with van der Waals surface area (Å²) in [6, 6.07) is 2.99. The second-order valence-corrected chi connectivity index (χ2v) is 6.51. The van der Waals surface area contributed by atoms with Crippen molar-refractivity contribution < 1.29 is 23.2 Å². The summed E-state index contributed by atoms with van der Waals surface area (Å²) in [5.74, 6) is -3.14. The SMILES string of the molecule is CC(=O)N1CCN(C(=O)C(C)(C)C(=O)Nc2ccc(F)c(F)c2)CC1. The Hall–Kier alpha value is -2.51. The molecule has 8 heteroatoms. The molecule has 1 N–H and O–H groups in total. The van der Waals surface area contributed by atoms with Gasteiger partial charge in [-0.05, 0) is 26.0 Å². The predicted octanol–water partition coefficient (Wildman–Crippen LogP) is 1.62. The summed E-state index contributed by atoms with van der Waals surface area (Å²) in [6.45, 7) is 5.95. The topological polar surface area (TPSA) is 69.7 Å². The highest BCUT2D eigenvalue weighted by atomic mass is 19.2. The molecule has 136 valence electrons. The Balaban J connectivity index is 2.03. The third kappa shape index (κ3) is 4.12. The van der Waals surface area contributed by atoms with E-state index in [1.165, 1.54) is 31.7 Å². The fourth-order valence-corrected chi connectivity index (χ4v) is 2.58. The van der Waals surface area contributed by atoms with Crippen molar-refractivity contribution in [3.05, 3.63) is 29.8 Å². The summed E-state index contributed by atoms with van der Waals surface area (Å²) in [6.07, 6.45) is 0. The lowest BCUT2D eigenvalue weighted by Gasteiger charge is -2.37.